The van der Waals surface area contributed by atoms with E-state index in [9.17, 15) is 23.8 Å². The van der Waals surface area contributed by atoms with Crippen molar-refractivity contribution in [2.45, 2.75) is 32.9 Å². The first-order valence-electron chi connectivity index (χ1n) is 9.23. The van der Waals surface area contributed by atoms with Crippen LogP contribution in [0, 0.1) is 5.92 Å². The summed E-state index contributed by atoms with van der Waals surface area (Å²) < 4.78 is 17.2. The molecule has 2 atom stereocenters. The Morgan fingerprint density at radius 2 is 1.79 bits per heavy atom. The molecular weight excluding hydrogens is 399 g/mol. The molecule has 0 heterocycles. The third-order valence-electron chi connectivity index (χ3n) is 3.99. The summed E-state index contributed by atoms with van der Waals surface area (Å²) in [7, 11) is -3.31. The summed E-state index contributed by atoms with van der Waals surface area (Å²) in [6, 6.07) is 8.29. The molecular formula is C18H29N4O6P. The van der Waals surface area contributed by atoms with Gasteiger partial charge in [0.05, 0.1) is 6.04 Å². The minimum atomic E-state index is -3.31. The number of benzene rings is 1. The van der Waals surface area contributed by atoms with Gasteiger partial charge in [-0.15, -0.1) is 0 Å². The SMILES string of the molecule is CC(C)[C@H](N)C(=O)N(CCC(=O)NCCNC(=O)OCc1ccccc1)[PH](=O)O. The fourth-order valence-electron chi connectivity index (χ4n) is 2.21. The summed E-state index contributed by atoms with van der Waals surface area (Å²) >= 11 is 0. The molecule has 10 nitrogen and oxygen atoms in total. The quantitative estimate of drug-likeness (QED) is 0.298. The van der Waals surface area contributed by atoms with E-state index in [0.717, 1.165) is 10.2 Å². The van der Waals surface area contributed by atoms with E-state index in [4.69, 9.17) is 10.5 Å². The van der Waals surface area contributed by atoms with Crippen molar-refractivity contribution in [1.82, 2.24) is 15.3 Å². The molecule has 1 rings (SSSR count). The number of alkyl carbamates (subject to hydrolysis) is 1. The van der Waals surface area contributed by atoms with Gasteiger partial charge in [-0.2, -0.15) is 0 Å². The fourth-order valence-corrected chi connectivity index (χ4v) is 2.85. The summed E-state index contributed by atoms with van der Waals surface area (Å²) in [6.45, 7) is 3.66. The Morgan fingerprint density at radius 1 is 1.17 bits per heavy atom. The fraction of sp³-hybridized carbons (Fsp3) is 0.500. The molecule has 0 bridgehead atoms. The number of amides is 3. The second kappa shape index (κ2) is 12.9. The first-order valence-corrected chi connectivity index (χ1v) is 10.5. The van der Waals surface area contributed by atoms with Crippen LogP contribution in [0.3, 0.4) is 0 Å². The van der Waals surface area contributed by atoms with Crippen LogP contribution in [0.25, 0.3) is 0 Å². The number of nitrogens with one attached hydrogen (secondary N) is 2. The van der Waals surface area contributed by atoms with Gasteiger partial charge < -0.3 is 26.0 Å². The highest BCUT2D eigenvalue weighted by Gasteiger charge is 2.26. The monoisotopic (exact) mass is 428 g/mol. The average molecular weight is 428 g/mol. The number of carbonyl (C=O) groups excluding carboxylic acids is 3. The van der Waals surface area contributed by atoms with E-state index in [-0.39, 0.29) is 38.6 Å². The Hall–Kier alpha value is -2.42. The minimum absolute atomic E-state index is 0.141. The zero-order valence-corrected chi connectivity index (χ0v) is 17.6. The molecule has 0 aliphatic heterocycles. The molecule has 0 spiro atoms. The van der Waals surface area contributed by atoms with Crippen molar-refractivity contribution in [2.24, 2.45) is 11.7 Å². The van der Waals surface area contributed by atoms with E-state index >= 15 is 0 Å². The van der Waals surface area contributed by atoms with Gasteiger partial charge in [-0.05, 0) is 11.5 Å². The number of hydrogen-bond donors (Lipinski definition) is 4. The lowest BCUT2D eigenvalue weighted by atomic mass is 10.1. The highest BCUT2D eigenvalue weighted by atomic mass is 31.1. The maximum Gasteiger partial charge on any atom is 0.407 e. The summed E-state index contributed by atoms with van der Waals surface area (Å²) in [4.78, 5) is 44.9. The Balaban J connectivity index is 2.26. The Labute approximate surface area is 170 Å². The molecule has 0 saturated heterocycles. The normalized spacial score (nSPS) is 12.7. The van der Waals surface area contributed by atoms with Crippen molar-refractivity contribution < 1.29 is 28.6 Å². The predicted molar refractivity (Wildman–Crippen MR) is 108 cm³/mol. The minimum Gasteiger partial charge on any atom is -0.445 e. The van der Waals surface area contributed by atoms with Gasteiger partial charge in [-0.25, -0.2) is 4.79 Å². The number of rotatable bonds is 11. The molecule has 162 valence electrons. The van der Waals surface area contributed by atoms with Gasteiger partial charge in [0.25, 0.3) is 8.18 Å². The Kier molecular flexibility index (Phi) is 11.0. The molecule has 0 fully saturated rings. The van der Waals surface area contributed by atoms with Crippen molar-refractivity contribution in [3.05, 3.63) is 35.9 Å². The van der Waals surface area contributed by atoms with E-state index < -0.39 is 32.1 Å². The number of ether oxygens (including phenoxy) is 1. The van der Waals surface area contributed by atoms with E-state index in [1.54, 1.807) is 13.8 Å². The van der Waals surface area contributed by atoms with Gasteiger partial charge in [0.2, 0.25) is 11.8 Å². The highest BCUT2D eigenvalue weighted by Crippen LogP contribution is 2.23. The summed E-state index contributed by atoms with van der Waals surface area (Å²) in [6.07, 6.45) is -0.771. The Morgan fingerprint density at radius 3 is 2.38 bits per heavy atom. The molecule has 0 radical (unpaired) electrons. The third-order valence-corrected chi connectivity index (χ3v) is 4.90. The maximum absolute atomic E-state index is 12.1. The number of carbonyl (C=O) groups is 3. The van der Waals surface area contributed by atoms with Crippen LogP contribution in [0.1, 0.15) is 25.8 Å². The van der Waals surface area contributed by atoms with Crippen LogP contribution in [-0.2, 0) is 25.5 Å². The van der Waals surface area contributed by atoms with Crippen LogP contribution in [0.15, 0.2) is 30.3 Å². The van der Waals surface area contributed by atoms with Gasteiger partial charge in [-0.3, -0.25) is 18.8 Å². The standard InChI is InChI=1S/C18H29N4O6P/c1-13(2)16(19)17(24)22(29(26)27)11-8-15(23)20-9-10-21-18(25)28-12-14-6-4-3-5-7-14/h3-7,13,16,29H,8-12,19H2,1-2H3,(H,20,23)(H,21,25)(H,26,27)/t16-/m0/s1. The second-order valence-electron chi connectivity index (χ2n) is 6.63. The van der Waals surface area contributed by atoms with Gasteiger partial charge in [0.1, 0.15) is 6.61 Å². The van der Waals surface area contributed by atoms with Crippen molar-refractivity contribution in [3.8, 4) is 0 Å². The van der Waals surface area contributed by atoms with Crippen LogP contribution in [0.5, 0.6) is 0 Å². The first-order chi connectivity index (χ1) is 13.7. The first kappa shape index (κ1) is 24.6. The number of nitrogens with zero attached hydrogens (tertiary/aromatic N) is 1. The molecule has 5 N–H and O–H groups in total. The molecule has 29 heavy (non-hydrogen) atoms. The Bertz CT molecular complexity index is 701. The summed E-state index contributed by atoms with van der Waals surface area (Å²) in [5.41, 5.74) is 6.57. The molecule has 1 unspecified atom stereocenters. The molecule has 11 heteroatoms. The smallest absolute Gasteiger partial charge is 0.407 e. The van der Waals surface area contributed by atoms with Crippen LogP contribution in [-0.4, -0.2) is 53.1 Å². The van der Waals surface area contributed by atoms with Crippen molar-refractivity contribution in [1.29, 1.82) is 0 Å². The zero-order chi connectivity index (χ0) is 21.8. The largest absolute Gasteiger partial charge is 0.445 e. The van der Waals surface area contributed by atoms with Crippen molar-refractivity contribution in [2.75, 3.05) is 19.6 Å². The van der Waals surface area contributed by atoms with E-state index in [1.165, 1.54) is 0 Å². The lowest BCUT2D eigenvalue weighted by Crippen LogP contribution is -2.44. The van der Waals surface area contributed by atoms with Gasteiger partial charge >= 0.3 is 6.09 Å². The van der Waals surface area contributed by atoms with E-state index in [1.807, 2.05) is 30.3 Å². The predicted octanol–water partition coefficient (Wildman–Crippen LogP) is 0.613. The lowest BCUT2D eigenvalue weighted by molar-refractivity contribution is -0.129. The summed E-state index contributed by atoms with van der Waals surface area (Å²) in [5, 5.41) is 5.04. The van der Waals surface area contributed by atoms with Gasteiger partial charge in [0.15, 0.2) is 0 Å². The number of hydrogen-bond acceptors (Lipinski definition) is 6. The molecule has 0 aliphatic rings. The lowest BCUT2D eigenvalue weighted by Gasteiger charge is -2.24. The zero-order valence-electron chi connectivity index (χ0n) is 16.6. The maximum atomic E-state index is 12.1. The average Bonchev–Trinajstić information content (AvgIpc) is 2.69. The van der Waals surface area contributed by atoms with Crippen molar-refractivity contribution in [3.63, 3.8) is 0 Å². The molecule has 1 aromatic rings. The van der Waals surface area contributed by atoms with Crippen LogP contribution >= 0.6 is 8.18 Å². The summed E-state index contributed by atoms with van der Waals surface area (Å²) in [5.74, 6) is -1.29. The van der Waals surface area contributed by atoms with Gasteiger partial charge in [-0.1, -0.05) is 44.2 Å². The van der Waals surface area contributed by atoms with Crippen LogP contribution in [0.4, 0.5) is 4.79 Å². The molecule has 1 aromatic carbocycles. The van der Waals surface area contributed by atoms with E-state index in [2.05, 4.69) is 10.6 Å². The molecule has 3 amide bonds. The number of nitrogens with two attached hydrogens (primary N) is 1. The highest BCUT2D eigenvalue weighted by molar-refractivity contribution is 7.36. The van der Waals surface area contributed by atoms with Crippen molar-refractivity contribution >= 4 is 26.1 Å². The third kappa shape index (κ3) is 9.56. The molecule has 0 aromatic heterocycles. The molecule has 0 saturated carbocycles. The van der Waals surface area contributed by atoms with Gasteiger partial charge in [0, 0.05) is 26.1 Å². The topological polar surface area (TPSA) is 151 Å². The van der Waals surface area contributed by atoms with Crippen LogP contribution < -0.4 is 16.4 Å². The second-order valence-corrected chi connectivity index (χ2v) is 7.74. The van der Waals surface area contributed by atoms with E-state index in [0.29, 0.717) is 0 Å². The van der Waals surface area contributed by atoms with Crippen LogP contribution in [0.2, 0.25) is 0 Å². The molecule has 0 aliphatic carbocycles.